The van der Waals surface area contributed by atoms with Gasteiger partial charge in [-0.1, -0.05) is 19.9 Å². The van der Waals surface area contributed by atoms with Crippen LogP contribution < -0.4 is 15.4 Å². The first-order chi connectivity index (χ1) is 14.8. The maximum atomic E-state index is 12.4. The highest BCUT2D eigenvalue weighted by Gasteiger charge is 2.13. The smallest absolute Gasteiger partial charge is 0.262 e. The SMILES string of the molecule is COc1cccc(C(=O)NCCNC(=O)/C(C#N)=C/c2cc(C)n(CC(C)C)c2C)c1. The summed E-state index contributed by atoms with van der Waals surface area (Å²) >= 11 is 0. The first kappa shape index (κ1) is 23.7. The number of rotatable bonds is 9. The normalized spacial score (nSPS) is 11.2. The Morgan fingerprint density at radius 3 is 2.55 bits per heavy atom. The maximum Gasteiger partial charge on any atom is 0.262 e. The lowest BCUT2D eigenvalue weighted by Gasteiger charge is -2.12. The highest BCUT2D eigenvalue weighted by molar-refractivity contribution is 6.01. The van der Waals surface area contributed by atoms with Crippen LogP contribution in [0.1, 0.15) is 41.2 Å². The molecule has 1 aromatic heterocycles. The first-order valence-electron chi connectivity index (χ1n) is 10.3. The van der Waals surface area contributed by atoms with E-state index in [1.165, 1.54) is 7.11 Å². The lowest BCUT2D eigenvalue weighted by molar-refractivity contribution is -0.117. The van der Waals surface area contributed by atoms with Gasteiger partial charge in [-0.15, -0.1) is 0 Å². The summed E-state index contributed by atoms with van der Waals surface area (Å²) in [6, 6.07) is 10.8. The van der Waals surface area contributed by atoms with E-state index in [2.05, 4.69) is 29.0 Å². The van der Waals surface area contributed by atoms with E-state index in [1.54, 1.807) is 30.3 Å². The van der Waals surface area contributed by atoms with Crippen LogP contribution in [0.5, 0.6) is 5.75 Å². The molecular formula is C24H30N4O3. The Balaban J connectivity index is 1.95. The molecule has 164 valence electrons. The summed E-state index contributed by atoms with van der Waals surface area (Å²) in [5, 5.41) is 14.9. The van der Waals surface area contributed by atoms with Gasteiger partial charge in [-0.25, -0.2) is 0 Å². The van der Waals surface area contributed by atoms with E-state index in [1.807, 2.05) is 26.0 Å². The lowest BCUT2D eigenvalue weighted by Crippen LogP contribution is -2.35. The molecule has 31 heavy (non-hydrogen) atoms. The number of aromatic nitrogens is 1. The lowest BCUT2D eigenvalue weighted by atomic mass is 10.1. The van der Waals surface area contributed by atoms with Crippen LogP contribution in [0.3, 0.4) is 0 Å². The summed E-state index contributed by atoms with van der Waals surface area (Å²) in [4.78, 5) is 24.6. The summed E-state index contributed by atoms with van der Waals surface area (Å²) in [7, 11) is 1.54. The van der Waals surface area contributed by atoms with E-state index < -0.39 is 5.91 Å². The Kier molecular flexibility index (Phi) is 8.44. The summed E-state index contributed by atoms with van der Waals surface area (Å²) in [6.07, 6.45) is 1.61. The number of carbonyl (C=O) groups is 2. The molecular weight excluding hydrogens is 392 g/mol. The van der Waals surface area contributed by atoms with Gasteiger partial charge in [0.2, 0.25) is 0 Å². The predicted octanol–water partition coefficient (Wildman–Crippen LogP) is 3.22. The molecule has 0 bridgehead atoms. The van der Waals surface area contributed by atoms with Crippen LogP contribution in [0.4, 0.5) is 0 Å². The van der Waals surface area contributed by atoms with Gasteiger partial charge in [-0.05, 0) is 55.7 Å². The number of nitrogens with zero attached hydrogens (tertiary/aromatic N) is 2. The van der Waals surface area contributed by atoms with Crippen LogP contribution in [-0.4, -0.2) is 36.6 Å². The molecule has 7 heteroatoms. The highest BCUT2D eigenvalue weighted by Crippen LogP contribution is 2.19. The molecule has 0 unspecified atom stereocenters. The van der Waals surface area contributed by atoms with E-state index in [-0.39, 0.29) is 24.6 Å². The summed E-state index contributed by atoms with van der Waals surface area (Å²) in [5.41, 5.74) is 3.48. The molecule has 2 amide bonds. The van der Waals surface area contributed by atoms with Gasteiger partial charge in [0.15, 0.2) is 0 Å². The zero-order chi connectivity index (χ0) is 23.0. The van der Waals surface area contributed by atoms with Gasteiger partial charge < -0.3 is 19.9 Å². The molecule has 7 nitrogen and oxygen atoms in total. The van der Waals surface area contributed by atoms with Crippen molar-refractivity contribution < 1.29 is 14.3 Å². The van der Waals surface area contributed by atoms with E-state index >= 15 is 0 Å². The molecule has 0 atom stereocenters. The minimum Gasteiger partial charge on any atom is -0.497 e. The molecule has 0 aliphatic carbocycles. The monoisotopic (exact) mass is 422 g/mol. The van der Waals surface area contributed by atoms with Crippen LogP contribution in [0.25, 0.3) is 6.08 Å². The van der Waals surface area contributed by atoms with Gasteiger partial charge >= 0.3 is 0 Å². The first-order valence-corrected chi connectivity index (χ1v) is 10.3. The third-order valence-electron chi connectivity index (χ3n) is 4.85. The molecule has 0 saturated heterocycles. The molecule has 0 radical (unpaired) electrons. The Morgan fingerprint density at radius 2 is 1.90 bits per heavy atom. The molecule has 0 aliphatic rings. The minimum atomic E-state index is -0.466. The van der Waals surface area contributed by atoms with Crippen molar-refractivity contribution in [1.29, 1.82) is 5.26 Å². The van der Waals surface area contributed by atoms with Gasteiger partial charge in [0, 0.05) is 36.6 Å². The summed E-state index contributed by atoms with van der Waals surface area (Å²) in [6.45, 7) is 9.63. The van der Waals surface area contributed by atoms with Crippen molar-refractivity contribution in [3.63, 3.8) is 0 Å². The zero-order valence-corrected chi connectivity index (χ0v) is 18.8. The number of aryl methyl sites for hydroxylation is 1. The van der Waals surface area contributed by atoms with E-state index in [0.29, 0.717) is 17.2 Å². The van der Waals surface area contributed by atoms with E-state index in [0.717, 1.165) is 23.5 Å². The third kappa shape index (κ3) is 6.48. The summed E-state index contributed by atoms with van der Waals surface area (Å²) in [5.74, 6) is 0.360. The van der Waals surface area contributed by atoms with Gasteiger partial charge in [0.1, 0.15) is 17.4 Å². The predicted molar refractivity (Wildman–Crippen MR) is 121 cm³/mol. The van der Waals surface area contributed by atoms with Crippen molar-refractivity contribution in [3.8, 4) is 11.8 Å². The molecule has 1 aromatic carbocycles. The molecule has 0 fully saturated rings. The maximum absolute atomic E-state index is 12.4. The van der Waals surface area contributed by atoms with Crippen molar-refractivity contribution in [2.75, 3.05) is 20.2 Å². The van der Waals surface area contributed by atoms with Gasteiger partial charge in [-0.2, -0.15) is 5.26 Å². The average Bonchev–Trinajstić information content (AvgIpc) is 3.01. The van der Waals surface area contributed by atoms with Gasteiger partial charge in [0.05, 0.1) is 7.11 Å². The Morgan fingerprint density at radius 1 is 1.19 bits per heavy atom. The molecule has 2 aromatic rings. The number of hydrogen-bond acceptors (Lipinski definition) is 4. The molecule has 2 N–H and O–H groups in total. The third-order valence-corrected chi connectivity index (χ3v) is 4.85. The molecule has 0 spiro atoms. The second-order valence-electron chi connectivity index (χ2n) is 7.74. The highest BCUT2D eigenvalue weighted by atomic mass is 16.5. The second kappa shape index (κ2) is 11.0. The average molecular weight is 423 g/mol. The fourth-order valence-electron chi connectivity index (χ4n) is 3.24. The van der Waals surface area contributed by atoms with Crippen LogP contribution in [0.2, 0.25) is 0 Å². The van der Waals surface area contributed by atoms with Crippen LogP contribution in [0.15, 0.2) is 35.9 Å². The van der Waals surface area contributed by atoms with Crippen molar-refractivity contribution in [1.82, 2.24) is 15.2 Å². The fourth-order valence-corrected chi connectivity index (χ4v) is 3.24. The number of nitriles is 1. The van der Waals surface area contributed by atoms with Crippen molar-refractivity contribution in [2.45, 2.75) is 34.2 Å². The number of amides is 2. The van der Waals surface area contributed by atoms with Crippen LogP contribution in [-0.2, 0) is 11.3 Å². The Labute approximate surface area is 183 Å². The fraction of sp³-hybridized carbons (Fsp3) is 0.375. The Hall–Kier alpha value is -3.53. The van der Waals surface area contributed by atoms with Crippen molar-refractivity contribution in [3.05, 3.63) is 58.4 Å². The quantitative estimate of drug-likeness (QED) is 0.368. The van der Waals surface area contributed by atoms with Crippen molar-refractivity contribution >= 4 is 17.9 Å². The minimum absolute atomic E-state index is 0.0314. The molecule has 2 rings (SSSR count). The van der Waals surface area contributed by atoms with Crippen LogP contribution in [0, 0.1) is 31.1 Å². The zero-order valence-electron chi connectivity index (χ0n) is 18.8. The molecule has 0 saturated carbocycles. The number of benzene rings is 1. The second-order valence-corrected chi connectivity index (χ2v) is 7.74. The van der Waals surface area contributed by atoms with Crippen LogP contribution >= 0.6 is 0 Å². The molecule has 1 heterocycles. The number of ether oxygens (including phenoxy) is 1. The van der Waals surface area contributed by atoms with E-state index in [9.17, 15) is 14.9 Å². The molecule has 0 aliphatic heterocycles. The largest absolute Gasteiger partial charge is 0.497 e. The van der Waals surface area contributed by atoms with Gasteiger partial charge in [0.25, 0.3) is 11.8 Å². The van der Waals surface area contributed by atoms with Crippen molar-refractivity contribution in [2.24, 2.45) is 5.92 Å². The number of nitrogens with one attached hydrogen (secondary N) is 2. The number of hydrogen-bond donors (Lipinski definition) is 2. The standard InChI is InChI=1S/C24H30N4O3/c1-16(2)15-28-17(3)11-20(18(28)4)12-21(14-25)24(30)27-10-9-26-23(29)19-7-6-8-22(13-19)31-5/h6-8,11-13,16H,9-10,15H2,1-5H3,(H,26,29)(H,27,30)/b21-12+. The van der Waals surface area contributed by atoms with Gasteiger partial charge in [-0.3, -0.25) is 9.59 Å². The summed E-state index contributed by atoms with van der Waals surface area (Å²) < 4.78 is 7.30. The van der Waals surface area contributed by atoms with E-state index in [4.69, 9.17) is 4.74 Å². The number of methoxy groups -OCH3 is 1. The number of carbonyl (C=O) groups excluding carboxylic acids is 2. The topological polar surface area (TPSA) is 96.2 Å². The Bertz CT molecular complexity index is 1010.